The van der Waals surface area contributed by atoms with Gasteiger partial charge in [0, 0.05) is 5.70 Å². The largest absolute Gasteiger partial charge is 0.381 e. The highest BCUT2D eigenvalue weighted by Gasteiger charge is 1.92. The molecule has 1 N–H and O–H groups in total. The van der Waals surface area contributed by atoms with Crippen LogP contribution in [0.2, 0.25) is 0 Å². The van der Waals surface area contributed by atoms with Crippen molar-refractivity contribution in [2.24, 2.45) is 0 Å². The van der Waals surface area contributed by atoms with Gasteiger partial charge in [-0.1, -0.05) is 12.2 Å². The molecule has 8 heavy (non-hydrogen) atoms. The Morgan fingerprint density at radius 3 is 3.12 bits per heavy atom. The smallest absolute Gasteiger partial charge is 0.364 e. The summed E-state index contributed by atoms with van der Waals surface area (Å²) in [5, 5.41) is 0. The minimum absolute atomic E-state index is 0.831. The fourth-order valence-electron chi connectivity index (χ4n) is 0.633. The fourth-order valence-corrected chi connectivity index (χ4v) is 0.983. The first kappa shape index (κ1) is 5.43. The highest BCUT2D eigenvalue weighted by molar-refractivity contribution is 6.14. The molecule has 42 valence electrons. The molecular weight excluding hydrogens is 118 g/mol. The standard InChI is InChI=1S/C5H7NOSi/c7-8-6-5-3-1-2-4-5/h1,3-4,6,8H,2H2. The van der Waals surface area contributed by atoms with Crippen molar-refractivity contribution in [3.8, 4) is 0 Å². The summed E-state index contributed by atoms with van der Waals surface area (Å²) in [6, 6.07) is 0. The van der Waals surface area contributed by atoms with Gasteiger partial charge in [0.2, 0.25) is 0 Å². The summed E-state index contributed by atoms with van der Waals surface area (Å²) in [6.45, 7) is 0. The van der Waals surface area contributed by atoms with E-state index in [1.54, 1.807) is 0 Å². The van der Waals surface area contributed by atoms with Crippen LogP contribution < -0.4 is 4.98 Å². The third kappa shape index (κ3) is 1.13. The zero-order valence-electron chi connectivity index (χ0n) is 4.42. The average Bonchev–Trinajstić information content (AvgIpc) is 2.19. The molecule has 1 aliphatic rings. The Balaban J connectivity index is 2.45. The van der Waals surface area contributed by atoms with Crippen molar-refractivity contribution in [1.29, 1.82) is 0 Å². The summed E-state index contributed by atoms with van der Waals surface area (Å²) in [5.74, 6) is 0. The van der Waals surface area contributed by atoms with Gasteiger partial charge >= 0.3 is 9.57 Å². The van der Waals surface area contributed by atoms with Crippen LogP contribution in [0.3, 0.4) is 0 Å². The summed E-state index contributed by atoms with van der Waals surface area (Å²) in [5.41, 5.74) is 0.995. The molecule has 0 fully saturated rings. The Morgan fingerprint density at radius 1 is 1.75 bits per heavy atom. The molecule has 0 heterocycles. The molecule has 0 aromatic carbocycles. The summed E-state index contributed by atoms with van der Waals surface area (Å²) in [6.07, 6.45) is 6.94. The van der Waals surface area contributed by atoms with Gasteiger partial charge in [0.05, 0.1) is 0 Å². The Kier molecular flexibility index (Phi) is 1.74. The Hall–Kier alpha value is -0.703. The predicted octanol–water partition coefficient (Wildman–Crippen LogP) is 0.117. The lowest BCUT2D eigenvalue weighted by molar-refractivity contribution is 0.571. The van der Waals surface area contributed by atoms with Crippen molar-refractivity contribution in [1.82, 2.24) is 4.98 Å². The lowest BCUT2D eigenvalue weighted by Gasteiger charge is -1.89. The van der Waals surface area contributed by atoms with Gasteiger partial charge in [0.1, 0.15) is 0 Å². The van der Waals surface area contributed by atoms with Gasteiger partial charge in [-0.2, -0.15) is 0 Å². The van der Waals surface area contributed by atoms with Crippen LogP contribution in [-0.4, -0.2) is 9.57 Å². The molecular formula is C5H7NOSi. The quantitative estimate of drug-likeness (QED) is 0.531. The van der Waals surface area contributed by atoms with E-state index in [4.69, 9.17) is 0 Å². The van der Waals surface area contributed by atoms with E-state index in [9.17, 15) is 4.46 Å². The molecule has 3 heteroatoms. The highest BCUT2D eigenvalue weighted by Crippen LogP contribution is 2.02. The first-order chi connectivity index (χ1) is 3.93. The van der Waals surface area contributed by atoms with Crippen molar-refractivity contribution in [2.75, 3.05) is 0 Å². The summed E-state index contributed by atoms with van der Waals surface area (Å²) in [4.78, 5) is 2.75. The second-order valence-corrected chi connectivity index (χ2v) is 2.08. The molecule has 0 spiro atoms. The number of allylic oxidation sites excluding steroid dienone is 3. The van der Waals surface area contributed by atoms with Crippen molar-refractivity contribution in [3.63, 3.8) is 0 Å². The molecule has 0 radical (unpaired) electrons. The second-order valence-electron chi connectivity index (χ2n) is 1.56. The van der Waals surface area contributed by atoms with Crippen molar-refractivity contribution in [2.45, 2.75) is 6.42 Å². The van der Waals surface area contributed by atoms with Crippen LogP contribution >= 0.6 is 0 Å². The Bertz CT molecular complexity index is 151. The molecule has 0 bridgehead atoms. The van der Waals surface area contributed by atoms with E-state index in [-0.39, 0.29) is 0 Å². The van der Waals surface area contributed by atoms with E-state index in [1.807, 2.05) is 18.2 Å². The van der Waals surface area contributed by atoms with Crippen molar-refractivity contribution >= 4 is 9.57 Å². The van der Waals surface area contributed by atoms with Crippen molar-refractivity contribution < 1.29 is 4.46 Å². The maximum absolute atomic E-state index is 9.98. The van der Waals surface area contributed by atoms with Gasteiger partial charge in [0.15, 0.2) is 0 Å². The molecule has 0 aromatic rings. The van der Waals surface area contributed by atoms with Gasteiger partial charge in [-0.25, -0.2) is 0 Å². The van der Waals surface area contributed by atoms with Crippen molar-refractivity contribution in [3.05, 3.63) is 23.9 Å². The zero-order chi connectivity index (χ0) is 5.82. The average molecular weight is 125 g/mol. The van der Waals surface area contributed by atoms with Gasteiger partial charge in [-0.15, -0.1) is 0 Å². The van der Waals surface area contributed by atoms with E-state index in [0.717, 1.165) is 12.1 Å². The first-order valence-electron chi connectivity index (χ1n) is 2.50. The molecule has 2 nitrogen and oxygen atoms in total. The monoisotopic (exact) mass is 125 g/mol. The summed E-state index contributed by atoms with van der Waals surface area (Å²) < 4.78 is 9.98. The number of hydrogen-bond acceptors (Lipinski definition) is 1. The maximum atomic E-state index is 9.98. The van der Waals surface area contributed by atoms with Crippen LogP contribution in [0.25, 0.3) is 0 Å². The van der Waals surface area contributed by atoms with E-state index in [0.29, 0.717) is 0 Å². The minimum Gasteiger partial charge on any atom is -0.364 e. The van der Waals surface area contributed by atoms with E-state index >= 15 is 0 Å². The van der Waals surface area contributed by atoms with Crippen LogP contribution in [0.15, 0.2) is 23.9 Å². The SMILES string of the molecule is O=[SiH]NC1=CCC=C1. The molecule has 0 atom stereocenters. The highest BCUT2D eigenvalue weighted by atomic mass is 28.2. The van der Waals surface area contributed by atoms with Crippen LogP contribution in [0.5, 0.6) is 0 Å². The summed E-state index contributed by atoms with van der Waals surface area (Å²) in [7, 11) is -0.831. The van der Waals surface area contributed by atoms with E-state index < -0.39 is 9.57 Å². The van der Waals surface area contributed by atoms with Gasteiger partial charge in [0.25, 0.3) is 0 Å². The Morgan fingerprint density at radius 2 is 2.62 bits per heavy atom. The van der Waals surface area contributed by atoms with Crippen LogP contribution in [-0.2, 0) is 4.46 Å². The molecule has 0 saturated heterocycles. The molecule has 0 aromatic heterocycles. The topological polar surface area (TPSA) is 29.1 Å². The first-order valence-corrected chi connectivity index (χ1v) is 3.55. The van der Waals surface area contributed by atoms with Gasteiger partial charge in [-0.3, -0.25) is 0 Å². The maximum Gasteiger partial charge on any atom is 0.381 e. The van der Waals surface area contributed by atoms with Gasteiger partial charge < -0.3 is 9.44 Å². The van der Waals surface area contributed by atoms with E-state index in [1.165, 1.54) is 0 Å². The third-order valence-corrected chi connectivity index (χ3v) is 1.45. The summed E-state index contributed by atoms with van der Waals surface area (Å²) >= 11 is 0. The zero-order valence-corrected chi connectivity index (χ0v) is 5.58. The lowest BCUT2D eigenvalue weighted by atomic mass is 10.5. The molecule has 0 unspecified atom stereocenters. The van der Waals surface area contributed by atoms with Crippen LogP contribution in [0.4, 0.5) is 0 Å². The van der Waals surface area contributed by atoms with Gasteiger partial charge in [-0.05, 0) is 12.5 Å². The number of nitrogens with one attached hydrogen (secondary N) is 1. The van der Waals surface area contributed by atoms with E-state index in [2.05, 4.69) is 4.98 Å². The number of hydrogen-bond donors (Lipinski definition) is 1. The lowest BCUT2D eigenvalue weighted by Crippen LogP contribution is -2.08. The van der Waals surface area contributed by atoms with Crippen LogP contribution in [0, 0.1) is 0 Å². The predicted molar refractivity (Wildman–Crippen MR) is 32.8 cm³/mol. The minimum atomic E-state index is -0.831. The second kappa shape index (κ2) is 2.57. The molecule has 1 aliphatic carbocycles. The fraction of sp³-hybridized carbons (Fsp3) is 0.200. The molecule has 0 aliphatic heterocycles. The number of rotatable bonds is 2. The molecule has 1 rings (SSSR count). The Labute approximate surface area is 50.2 Å². The normalized spacial score (nSPS) is 15.8. The molecule has 0 amide bonds. The molecule has 0 saturated carbocycles. The van der Waals surface area contributed by atoms with Crippen LogP contribution in [0.1, 0.15) is 6.42 Å². The third-order valence-electron chi connectivity index (χ3n) is 0.997.